The minimum Gasteiger partial charge on any atom is -0.339 e. The van der Waals surface area contributed by atoms with E-state index in [4.69, 9.17) is 4.52 Å². The molecule has 7 heteroatoms. The standard InChI is InChI=1S/C22H20N4O3/c1-14-23-21(24-29-14)16-6-4-7-18(11-16)26-13-17(12-20(26)27)22(28)25-10-9-15-5-2-3-8-19(15)25/h2-8,11,17H,9-10,12-13H2,1H3/t17-/m0/s1. The van der Waals surface area contributed by atoms with Crippen LogP contribution in [0.15, 0.2) is 53.1 Å². The zero-order valence-electron chi connectivity index (χ0n) is 16.0. The highest BCUT2D eigenvalue weighted by molar-refractivity contribution is 6.05. The Morgan fingerprint density at radius 1 is 1.17 bits per heavy atom. The van der Waals surface area contributed by atoms with Crippen molar-refractivity contribution in [2.45, 2.75) is 19.8 Å². The summed E-state index contributed by atoms with van der Waals surface area (Å²) in [5.41, 5.74) is 3.67. The number of benzene rings is 2. The third kappa shape index (κ3) is 3.08. The normalized spacial score (nSPS) is 18.4. The molecule has 0 saturated carbocycles. The van der Waals surface area contributed by atoms with Gasteiger partial charge in [0.15, 0.2) is 0 Å². The van der Waals surface area contributed by atoms with Crippen LogP contribution in [0.25, 0.3) is 11.4 Å². The highest BCUT2D eigenvalue weighted by atomic mass is 16.5. The van der Waals surface area contributed by atoms with Gasteiger partial charge in [-0.15, -0.1) is 0 Å². The van der Waals surface area contributed by atoms with Crippen molar-refractivity contribution in [3.05, 3.63) is 60.0 Å². The molecule has 2 aliphatic heterocycles. The first-order valence-corrected chi connectivity index (χ1v) is 9.70. The largest absolute Gasteiger partial charge is 0.339 e. The van der Waals surface area contributed by atoms with Crippen LogP contribution in [0.5, 0.6) is 0 Å². The van der Waals surface area contributed by atoms with Gasteiger partial charge in [0.1, 0.15) is 0 Å². The smallest absolute Gasteiger partial charge is 0.232 e. The lowest BCUT2D eigenvalue weighted by Gasteiger charge is -2.22. The zero-order chi connectivity index (χ0) is 20.0. The molecule has 1 atom stereocenters. The number of nitrogens with zero attached hydrogens (tertiary/aromatic N) is 4. The second-order valence-electron chi connectivity index (χ2n) is 7.46. The van der Waals surface area contributed by atoms with Gasteiger partial charge in [0.05, 0.1) is 5.92 Å². The molecule has 2 aromatic carbocycles. The lowest BCUT2D eigenvalue weighted by atomic mass is 10.1. The van der Waals surface area contributed by atoms with E-state index in [0.29, 0.717) is 24.8 Å². The topological polar surface area (TPSA) is 79.5 Å². The highest BCUT2D eigenvalue weighted by Gasteiger charge is 2.39. The summed E-state index contributed by atoms with van der Waals surface area (Å²) in [7, 11) is 0. The van der Waals surface area contributed by atoms with E-state index in [1.54, 1.807) is 11.8 Å². The quantitative estimate of drug-likeness (QED) is 0.689. The molecule has 0 N–H and O–H groups in total. The fourth-order valence-electron chi connectivity index (χ4n) is 4.14. The number of hydrogen-bond donors (Lipinski definition) is 0. The Morgan fingerprint density at radius 2 is 2.03 bits per heavy atom. The molecule has 5 rings (SSSR count). The number of aryl methyl sites for hydroxylation is 1. The SMILES string of the molecule is Cc1nc(-c2cccc(N3C[C@@H](C(=O)N4CCc5ccccc54)CC3=O)c2)no1. The zero-order valence-corrected chi connectivity index (χ0v) is 16.0. The average Bonchev–Trinajstić information content (AvgIpc) is 3.45. The first kappa shape index (κ1) is 17.6. The van der Waals surface area contributed by atoms with Gasteiger partial charge in [-0.2, -0.15) is 4.98 Å². The monoisotopic (exact) mass is 388 g/mol. The van der Waals surface area contributed by atoms with E-state index in [9.17, 15) is 9.59 Å². The maximum Gasteiger partial charge on any atom is 0.232 e. The summed E-state index contributed by atoms with van der Waals surface area (Å²) in [6.45, 7) is 2.79. The van der Waals surface area contributed by atoms with Gasteiger partial charge in [0.2, 0.25) is 23.5 Å². The molecular weight excluding hydrogens is 368 g/mol. The van der Waals surface area contributed by atoms with E-state index in [1.165, 1.54) is 5.56 Å². The van der Waals surface area contributed by atoms with Gasteiger partial charge < -0.3 is 14.3 Å². The molecule has 7 nitrogen and oxygen atoms in total. The van der Waals surface area contributed by atoms with Crippen LogP contribution in [0, 0.1) is 12.8 Å². The van der Waals surface area contributed by atoms with Gasteiger partial charge in [0.25, 0.3) is 0 Å². The molecule has 0 spiro atoms. The molecule has 0 unspecified atom stereocenters. The number of aromatic nitrogens is 2. The minimum atomic E-state index is -0.343. The van der Waals surface area contributed by atoms with E-state index in [2.05, 4.69) is 16.2 Å². The molecule has 1 fully saturated rings. The van der Waals surface area contributed by atoms with E-state index in [0.717, 1.165) is 23.4 Å². The van der Waals surface area contributed by atoms with Crippen LogP contribution in [0.1, 0.15) is 17.9 Å². The predicted molar refractivity (Wildman–Crippen MR) is 107 cm³/mol. The molecule has 2 amide bonds. The average molecular weight is 388 g/mol. The predicted octanol–water partition coefficient (Wildman–Crippen LogP) is 2.99. The number of amides is 2. The van der Waals surface area contributed by atoms with Crippen molar-refractivity contribution in [3.63, 3.8) is 0 Å². The second-order valence-corrected chi connectivity index (χ2v) is 7.46. The Balaban J connectivity index is 1.37. The molecular formula is C22H20N4O3. The van der Waals surface area contributed by atoms with Gasteiger partial charge >= 0.3 is 0 Å². The Morgan fingerprint density at radius 3 is 2.86 bits per heavy atom. The van der Waals surface area contributed by atoms with E-state index < -0.39 is 0 Å². The van der Waals surface area contributed by atoms with Gasteiger partial charge in [-0.25, -0.2) is 0 Å². The van der Waals surface area contributed by atoms with Crippen LogP contribution in [0.2, 0.25) is 0 Å². The Labute approximate surface area is 167 Å². The molecule has 2 aliphatic rings. The lowest BCUT2D eigenvalue weighted by molar-refractivity contribution is -0.124. The molecule has 0 bridgehead atoms. The van der Waals surface area contributed by atoms with Crippen LogP contribution >= 0.6 is 0 Å². The molecule has 0 aliphatic carbocycles. The summed E-state index contributed by atoms with van der Waals surface area (Å²) in [6.07, 6.45) is 1.08. The highest BCUT2D eigenvalue weighted by Crippen LogP contribution is 2.33. The number of rotatable bonds is 3. The molecule has 0 radical (unpaired) electrons. The van der Waals surface area contributed by atoms with Crippen LogP contribution in [0.4, 0.5) is 11.4 Å². The molecule has 1 aromatic heterocycles. The summed E-state index contributed by atoms with van der Waals surface area (Å²) in [5, 5.41) is 3.94. The minimum absolute atomic E-state index is 0.0238. The number of carbonyl (C=O) groups excluding carboxylic acids is 2. The Kier molecular flexibility index (Phi) is 4.16. The van der Waals surface area contributed by atoms with E-state index >= 15 is 0 Å². The first-order chi connectivity index (χ1) is 14.1. The lowest BCUT2D eigenvalue weighted by Crippen LogP contribution is -2.36. The Bertz CT molecular complexity index is 1110. The third-order valence-corrected chi connectivity index (χ3v) is 5.57. The number of para-hydroxylation sites is 1. The number of anilines is 2. The Hall–Kier alpha value is -3.48. The van der Waals surface area contributed by atoms with Crippen molar-refractivity contribution in [1.82, 2.24) is 10.1 Å². The van der Waals surface area contributed by atoms with Crippen molar-refractivity contribution < 1.29 is 14.1 Å². The third-order valence-electron chi connectivity index (χ3n) is 5.57. The van der Waals surface area contributed by atoms with Crippen molar-refractivity contribution in [2.24, 2.45) is 5.92 Å². The van der Waals surface area contributed by atoms with Crippen LogP contribution in [-0.2, 0) is 16.0 Å². The number of fused-ring (bicyclic) bond motifs is 1. The van der Waals surface area contributed by atoms with Gasteiger partial charge in [-0.05, 0) is 30.2 Å². The van der Waals surface area contributed by atoms with Crippen molar-refractivity contribution in [1.29, 1.82) is 0 Å². The maximum atomic E-state index is 13.1. The van der Waals surface area contributed by atoms with Crippen LogP contribution in [0.3, 0.4) is 0 Å². The van der Waals surface area contributed by atoms with Crippen molar-refractivity contribution in [3.8, 4) is 11.4 Å². The summed E-state index contributed by atoms with van der Waals surface area (Å²) in [5.74, 6) is 0.606. The molecule has 3 aromatic rings. The fraction of sp³-hybridized carbons (Fsp3) is 0.273. The second kappa shape index (κ2) is 6.84. The number of hydrogen-bond acceptors (Lipinski definition) is 5. The van der Waals surface area contributed by atoms with Crippen LogP contribution < -0.4 is 9.80 Å². The van der Waals surface area contributed by atoms with Crippen molar-refractivity contribution in [2.75, 3.05) is 22.9 Å². The summed E-state index contributed by atoms with van der Waals surface area (Å²) < 4.78 is 5.05. The molecule has 29 heavy (non-hydrogen) atoms. The van der Waals surface area contributed by atoms with Crippen molar-refractivity contribution >= 4 is 23.2 Å². The fourth-order valence-corrected chi connectivity index (χ4v) is 4.14. The van der Waals surface area contributed by atoms with E-state index in [1.807, 2.05) is 47.4 Å². The summed E-state index contributed by atoms with van der Waals surface area (Å²) in [4.78, 5) is 33.6. The van der Waals surface area contributed by atoms with Crippen LogP contribution in [-0.4, -0.2) is 35.0 Å². The summed E-state index contributed by atoms with van der Waals surface area (Å²) in [6, 6.07) is 15.4. The maximum absolute atomic E-state index is 13.1. The van der Waals surface area contributed by atoms with Gasteiger partial charge in [-0.3, -0.25) is 9.59 Å². The first-order valence-electron chi connectivity index (χ1n) is 9.70. The van der Waals surface area contributed by atoms with E-state index in [-0.39, 0.29) is 24.2 Å². The summed E-state index contributed by atoms with van der Waals surface area (Å²) >= 11 is 0. The number of carbonyl (C=O) groups is 2. The van der Waals surface area contributed by atoms with Gasteiger partial charge in [0, 0.05) is 43.4 Å². The molecule has 3 heterocycles. The molecule has 146 valence electrons. The van der Waals surface area contributed by atoms with Gasteiger partial charge in [-0.1, -0.05) is 35.5 Å². The molecule has 1 saturated heterocycles.